The summed E-state index contributed by atoms with van der Waals surface area (Å²) in [5.74, 6) is 0.790. The van der Waals surface area contributed by atoms with Gasteiger partial charge in [-0.25, -0.2) is 4.68 Å². The molecule has 0 aliphatic rings. The molecule has 1 aromatic carbocycles. The van der Waals surface area contributed by atoms with Gasteiger partial charge >= 0.3 is 0 Å². The summed E-state index contributed by atoms with van der Waals surface area (Å²) in [7, 11) is 1.65. The van der Waals surface area contributed by atoms with Crippen molar-refractivity contribution in [3.63, 3.8) is 0 Å². The molecule has 0 aliphatic heterocycles. The summed E-state index contributed by atoms with van der Waals surface area (Å²) >= 11 is 0. The van der Waals surface area contributed by atoms with Gasteiger partial charge in [-0.3, -0.25) is 5.41 Å². The maximum atomic E-state index is 7.48. The number of nitrogens with one attached hydrogen (secondary N) is 1. The van der Waals surface area contributed by atoms with Crippen molar-refractivity contribution in [3.05, 3.63) is 46.8 Å². The molecular formula is C14H18N4O. The molecule has 1 aromatic heterocycles. The summed E-state index contributed by atoms with van der Waals surface area (Å²) in [4.78, 5) is 0. The minimum absolute atomic E-state index is 0.0541. The lowest BCUT2D eigenvalue weighted by Gasteiger charge is -2.05. The number of nitrogens with two attached hydrogens (primary N) is 1. The molecule has 0 fully saturated rings. The number of nitrogen functional groups attached to an aromatic ring is 1. The van der Waals surface area contributed by atoms with Crippen molar-refractivity contribution in [3.8, 4) is 5.75 Å². The molecule has 0 atom stereocenters. The highest BCUT2D eigenvalue weighted by atomic mass is 16.5. The number of aryl methyl sites for hydroxylation is 1. The Kier molecular flexibility index (Phi) is 3.55. The van der Waals surface area contributed by atoms with Gasteiger partial charge in [0, 0.05) is 17.7 Å². The van der Waals surface area contributed by atoms with Crippen LogP contribution < -0.4 is 10.5 Å². The van der Waals surface area contributed by atoms with Crippen LogP contribution in [0.2, 0.25) is 0 Å². The molecule has 0 unspecified atom stereocenters. The minimum atomic E-state index is -0.0541. The Morgan fingerprint density at radius 1 is 1.32 bits per heavy atom. The number of aromatic nitrogens is 2. The predicted molar refractivity (Wildman–Crippen MR) is 74.8 cm³/mol. The van der Waals surface area contributed by atoms with Gasteiger partial charge in [-0.1, -0.05) is 12.1 Å². The van der Waals surface area contributed by atoms with Gasteiger partial charge < -0.3 is 10.5 Å². The molecule has 0 aliphatic carbocycles. The van der Waals surface area contributed by atoms with Gasteiger partial charge in [0.05, 0.1) is 12.8 Å². The van der Waals surface area contributed by atoms with E-state index in [0.717, 1.165) is 29.1 Å². The quantitative estimate of drug-likeness (QED) is 0.651. The number of methoxy groups -OCH3 is 1. The summed E-state index contributed by atoms with van der Waals surface area (Å²) in [6.45, 7) is 3.87. The zero-order valence-corrected chi connectivity index (χ0v) is 11.4. The van der Waals surface area contributed by atoms with Crippen molar-refractivity contribution in [2.75, 3.05) is 7.11 Å². The summed E-state index contributed by atoms with van der Waals surface area (Å²) in [6, 6.07) is 7.94. The van der Waals surface area contributed by atoms with Crippen molar-refractivity contribution >= 4 is 5.96 Å². The second kappa shape index (κ2) is 5.14. The summed E-state index contributed by atoms with van der Waals surface area (Å²) in [5.41, 5.74) is 9.61. The zero-order chi connectivity index (χ0) is 14.0. The Bertz CT molecular complexity index is 599. The monoisotopic (exact) mass is 258 g/mol. The Morgan fingerprint density at radius 3 is 2.42 bits per heavy atom. The fourth-order valence-corrected chi connectivity index (χ4v) is 2.11. The fourth-order valence-electron chi connectivity index (χ4n) is 2.11. The van der Waals surface area contributed by atoms with E-state index in [1.54, 1.807) is 7.11 Å². The standard InChI is InChI=1S/C14H18N4O/c1-9-13(10(2)18(17-9)14(15)16)8-11-4-6-12(19-3)7-5-11/h4-7H,8H2,1-3H3,(H3,15,16). The number of hydrogen-bond acceptors (Lipinski definition) is 3. The molecule has 1 heterocycles. The molecular weight excluding hydrogens is 240 g/mol. The van der Waals surface area contributed by atoms with Crippen LogP contribution in [0.4, 0.5) is 0 Å². The lowest BCUT2D eigenvalue weighted by atomic mass is 10.0. The number of benzene rings is 1. The van der Waals surface area contributed by atoms with Crippen LogP contribution in [0.15, 0.2) is 24.3 Å². The Balaban J connectivity index is 2.30. The Hall–Kier alpha value is -2.30. The molecule has 5 heteroatoms. The Morgan fingerprint density at radius 2 is 1.95 bits per heavy atom. The SMILES string of the molecule is COc1ccc(Cc2c(C)nn(C(=N)N)c2C)cc1. The van der Waals surface area contributed by atoms with E-state index in [0.29, 0.717) is 0 Å². The molecule has 0 saturated heterocycles. The lowest BCUT2D eigenvalue weighted by Crippen LogP contribution is -2.23. The van der Waals surface area contributed by atoms with Crippen LogP contribution in [0.1, 0.15) is 22.5 Å². The van der Waals surface area contributed by atoms with E-state index in [1.807, 2.05) is 38.1 Å². The van der Waals surface area contributed by atoms with Gasteiger partial charge in [-0.2, -0.15) is 5.10 Å². The molecule has 2 aromatic rings. The molecule has 3 N–H and O–H groups in total. The fraction of sp³-hybridized carbons (Fsp3) is 0.286. The Labute approximate surface area is 112 Å². The van der Waals surface area contributed by atoms with Crippen LogP contribution in [-0.4, -0.2) is 22.8 Å². The summed E-state index contributed by atoms with van der Waals surface area (Å²) < 4.78 is 6.61. The van der Waals surface area contributed by atoms with Crippen molar-refractivity contribution < 1.29 is 4.74 Å². The first-order valence-electron chi connectivity index (χ1n) is 6.05. The smallest absolute Gasteiger partial charge is 0.213 e. The van der Waals surface area contributed by atoms with Crippen molar-refractivity contribution in [1.29, 1.82) is 5.41 Å². The molecule has 19 heavy (non-hydrogen) atoms. The van der Waals surface area contributed by atoms with E-state index in [1.165, 1.54) is 10.2 Å². The van der Waals surface area contributed by atoms with Crippen LogP contribution >= 0.6 is 0 Å². The summed E-state index contributed by atoms with van der Waals surface area (Å²) in [5, 5.41) is 11.8. The molecule has 0 spiro atoms. The molecule has 0 saturated carbocycles. The van der Waals surface area contributed by atoms with Crippen LogP contribution in [0.25, 0.3) is 0 Å². The zero-order valence-electron chi connectivity index (χ0n) is 11.4. The van der Waals surface area contributed by atoms with E-state index in [2.05, 4.69) is 5.10 Å². The first-order valence-corrected chi connectivity index (χ1v) is 6.05. The second-order valence-corrected chi connectivity index (χ2v) is 4.47. The van der Waals surface area contributed by atoms with Crippen LogP contribution in [0.3, 0.4) is 0 Å². The third-order valence-electron chi connectivity index (χ3n) is 3.21. The average Bonchev–Trinajstić information content (AvgIpc) is 2.68. The van der Waals surface area contributed by atoms with E-state index in [-0.39, 0.29) is 5.96 Å². The minimum Gasteiger partial charge on any atom is -0.497 e. The van der Waals surface area contributed by atoms with E-state index >= 15 is 0 Å². The second-order valence-electron chi connectivity index (χ2n) is 4.47. The molecule has 0 amide bonds. The van der Waals surface area contributed by atoms with E-state index < -0.39 is 0 Å². The van der Waals surface area contributed by atoms with Gasteiger partial charge in [-0.15, -0.1) is 0 Å². The molecule has 5 nitrogen and oxygen atoms in total. The number of hydrogen-bond donors (Lipinski definition) is 2. The molecule has 0 bridgehead atoms. The first-order chi connectivity index (χ1) is 9.02. The van der Waals surface area contributed by atoms with Crippen molar-refractivity contribution in [2.24, 2.45) is 5.73 Å². The van der Waals surface area contributed by atoms with Gasteiger partial charge in [0.15, 0.2) is 0 Å². The lowest BCUT2D eigenvalue weighted by molar-refractivity contribution is 0.414. The molecule has 0 radical (unpaired) electrons. The summed E-state index contributed by atoms with van der Waals surface area (Å²) in [6.07, 6.45) is 0.773. The van der Waals surface area contributed by atoms with Gasteiger partial charge in [-0.05, 0) is 31.5 Å². The molecule has 2 rings (SSSR count). The maximum absolute atomic E-state index is 7.48. The normalized spacial score (nSPS) is 10.5. The maximum Gasteiger partial charge on any atom is 0.213 e. The van der Waals surface area contributed by atoms with Gasteiger partial charge in [0.1, 0.15) is 5.75 Å². The van der Waals surface area contributed by atoms with Gasteiger partial charge in [0.2, 0.25) is 5.96 Å². The topological polar surface area (TPSA) is 76.9 Å². The van der Waals surface area contributed by atoms with Crippen LogP contribution in [-0.2, 0) is 6.42 Å². The number of nitrogens with zero attached hydrogens (tertiary/aromatic N) is 2. The third-order valence-corrected chi connectivity index (χ3v) is 3.21. The average molecular weight is 258 g/mol. The van der Waals surface area contributed by atoms with Crippen LogP contribution in [0.5, 0.6) is 5.75 Å². The van der Waals surface area contributed by atoms with Crippen molar-refractivity contribution in [2.45, 2.75) is 20.3 Å². The highest BCUT2D eigenvalue weighted by Gasteiger charge is 2.13. The third kappa shape index (κ3) is 2.59. The largest absolute Gasteiger partial charge is 0.497 e. The van der Waals surface area contributed by atoms with Gasteiger partial charge in [0.25, 0.3) is 0 Å². The number of ether oxygens (including phenoxy) is 1. The highest BCUT2D eigenvalue weighted by molar-refractivity contribution is 5.77. The van der Waals surface area contributed by atoms with E-state index in [4.69, 9.17) is 15.9 Å². The highest BCUT2D eigenvalue weighted by Crippen LogP contribution is 2.19. The van der Waals surface area contributed by atoms with E-state index in [9.17, 15) is 0 Å². The predicted octanol–water partition coefficient (Wildman–Crippen LogP) is 1.84. The first kappa shape index (κ1) is 13.1. The molecule has 100 valence electrons. The van der Waals surface area contributed by atoms with Crippen molar-refractivity contribution in [1.82, 2.24) is 9.78 Å². The van der Waals surface area contributed by atoms with Crippen LogP contribution in [0, 0.1) is 19.3 Å². The number of rotatable bonds is 3.